The molecule has 2 aromatic carbocycles. The molecular formula is C20H23NO2. The van der Waals surface area contributed by atoms with Crippen LogP contribution < -0.4 is 10.1 Å². The van der Waals surface area contributed by atoms with Crippen molar-refractivity contribution >= 4 is 5.91 Å². The summed E-state index contributed by atoms with van der Waals surface area (Å²) < 4.78 is 5.87. The minimum absolute atomic E-state index is 0.0273. The molecule has 1 fully saturated rings. The first-order valence-corrected chi connectivity index (χ1v) is 8.39. The van der Waals surface area contributed by atoms with E-state index in [2.05, 4.69) is 5.32 Å². The largest absolute Gasteiger partial charge is 0.488 e. The molecule has 0 spiro atoms. The van der Waals surface area contributed by atoms with Crippen molar-refractivity contribution in [3.05, 3.63) is 65.7 Å². The minimum atomic E-state index is -0.0273. The molecule has 1 N–H and O–H groups in total. The van der Waals surface area contributed by atoms with Crippen LogP contribution in [0.25, 0.3) is 0 Å². The van der Waals surface area contributed by atoms with Gasteiger partial charge in [0.05, 0.1) is 5.56 Å². The van der Waals surface area contributed by atoms with Crippen LogP contribution in [0.4, 0.5) is 0 Å². The van der Waals surface area contributed by atoms with E-state index in [4.69, 9.17) is 4.74 Å². The number of hydrogen-bond acceptors (Lipinski definition) is 2. The molecule has 1 amide bonds. The van der Waals surface area contributed by atoms with Crippen LogP contribution in [0, 0.1) is 0 Å². The van der Waals surface area contributed by atoms with Gasteiger partial charge in [0.25, 0.3) is 5.91 Å². The minimum Gasteiger partial charge on any atom is -0.488 e. The van der Waals surface area contributed by atoms with E-state index in [1.807, 2.05) is 54.6 Å². The molecule has 0 aliphatic heterocycles. The first-order chi connectivity index (χ1) is 11.3. The fourth-order valence-corrected chi connectivity index (χ4v) is 3.03. The Morgan fingerprint density at radius 1 is 0.957 bits per heavy atom. The van der Waals surface area contributed by atoms with E-state index in [9.17, 15) is 4.79 Å². The maximum atomic E-state index is 12.6. The molecule has 0 saturated heterocycles. The maximum Gasteiger partial charge on any atom is 0.255 e. The average Bonchev–Trinajstić information content (AvgIpc) is 2.62. The highest BCUT2D eigenvalue weighted by atomic mass is 16.5. The van der Waals surface area contributed by atoms with E-state index >= 15 is 0 Å². The fraction of sp³-hybridized carbons (Fsp3) is 0.350. The quantitative estimate of drug-likeness (QED) is 0.893. The summed E-state index contributed by atoms with van der Waals surface area (Å²) in [5.41, 5.74) is 1.71. The number of hydrogen-bond donors (Lipinski definition) is 1. The van der Waals surface area contributed by atoms with Crippen LogP contribution in [0.2, 0.25) is 0 Å². The first-order valence-electron chi connectivity index (χ1n) is 8.39. The van der Waals surface area contributed by atoms with E-state index in [-0.39, 0.29) is 5.91 Å². The van der Waals surface area contributed by atoms with Crippen molar-refractivity contribution in [3.8, 4) is 5.75 Å². The summed E-state index contributed by atoms with van der Waals surface area (Å²) in [5.74, 6) is 0.616. The Balaban J connectivity index is 1.65. The van der Waals surface area contributed by atoms with Gasteiger partial charge >= 0.3 is 0 Å². The van der Waals surface area contributed by atoms with Crippen LogP contribution in [-0.4, -0.2) is 11.9 Å². The van der Waals surface area contributed by atoms with Gasteiger partial charge in [0.2, 0.25) is 0 Å². The third-order valence-electron chi connectivity index (χ3n) is 4.31. The zero-order chi connectivity index (χ0) is 15.9. The number of nitrogens with one attached hydrogen (secondary N) is 1. The summed E-state index contributed by atoms with van der Waals surface area (Å²) in [4.78, 5) is 12.6. The Bertz CT molecular complexity index is 633. The third-order valence-corrected chi connectivity index (χ3v) is 4.31. The molecule has 0 aromatic heterocycles. The molecule has 0 radical (unpaired) electrons. The van der Waals surface area contributed by atoms with Crippen molar-refractivity contribution in [1.82, 2.24) is 5.32 Å². The van der Waals surface area contributed by atoms with Crippen molar-refractivity contribution in [2.75, 3.05) is 0 Å². The van der Waals surface area contributed by atoms with E-state index < -0.39 is 0 Å². The van der Waals surface area contributed by atoms with Gasteiger partial charge in [0.15, 0.2) is 0 Å². The summed E-state index contributed by atoms with van der Waals surface area (Å²) in [5, 5.41) is 3.15. The average molecular weight is 309 g/mol. The van der Waals surface area contributed by atoms with Crippen LogP contribution in [0.1, 0.15) is 48.0 Å². The highest BCUT2D eigenvalue weighted by Crippen LogP contribution is 2.22. The first kappa shape index (κ1) is 15.6. The third kappa shape index (κ3) is 4.35. The van der Waals surface area contributed by atoms with Crippen LogP contribution in [0.15, 0.2) is 54.6 Å². The molecule has 0 heterocycles. The van der Waals surface area contributed by atoms with Gasteiger partial charge in [-0.15, -0.1) is 0 Å². The summed E-state index contributed by atoms with van der Waals surface area (Å²) in [6.07, 6.45) is 5.86. The molecule has 2 aromatic rings. The van der Waals surface area contributed by atoms with Gasteiger partial charge in [-0.3, -0.25) is 4.79 Å². The molecule has 120 valence electrons. The monoisotopic (exact) mass is 309 g/mol. The van der Waals surface area contributed by atoms with Crippen molar-refractivity contribution in [1.29, 1.82) is 0 Å². The van der Waals surface area contributed by atoms with E-state index in [0.717, 1.165) is 18.4 Å². The Labute approximate surface area is 137 Å². The molecule has 3 heteroatoms. The standard InChI is InChI=1S/C20H23NO2/c22-20(21-17-11-5-2-6-12-17)18-13-7-8-14-19(18)23-15-16-9-3-1-4-10-16/h1,3-4,7-10,13-14,17H,2,5-6,11-12,15H2,(H,21,22). The van der Waals surface area contributed by atoms with Crippen molar-refractivity contribution in [2.45, 2.75) is 44.8 Å². The number of carbonyl (C=O) groups is 1. The molecule has 0 bridgehead atoms. The normalized spacial score (nSPS) is 15.1. The number of benzene rings is 2. The van der Waals surface area contributed by atoms with Gasteiger partial charge in [-0.25, -0.2) is 0 Å². The summed E-state index contributed by atoms with van der Waals surface area (Å²) in [7, 11) is 0. The number of para-hydroxylation sites is 1. The molecular weight excluding hydrogens is 286 g/mol. The number of rotatable bonds is 5. The van der Waals surface area contributed by atoms with Crippen LogP contribution in [0.5, 0.6) is 5.75 Å². The zero-order valence-corrected chi connectivity index (χ0v) is 13.3. The second kappa shape index (κ2) is 7.82. The fourth-order valence-electron chi connectivity index (χ4n) is 3.03. The zero-order valence-electron chi connectivity index (χ0n) is 13.3. The van der Waals surface area contributed by atoms with Crippen LogP contribution >= 0.6 is 0 Å². The summed E-state index contributed by atoms with van der Waals surface area (Å²) in [6, 6.07) is 17.8. The lowest BCUT2D eigenvalue weighted by Crippen LogP contribution is -2.36. The molecule has 0 unspecified atom stereocenters. The Kier molecular flexibility index (Phi) is 5.30. The number of amides is 1. The van der Waals surface area contributed by atoms with Crippen molar-refractivity contribution in [3.63, 3.8) is 0 Å². The Morgan fingerprint density at radius 3 is 2.43 bits per heavy atom. The molecule has 1 aliphatic carbocycles. The topological polar surface area (TPSA) is 38.3 Å². The smallest absolute Gasteiger partial charge is 0.255 e. The van der Waals surface area contributed by atoms with E-state index in [0.29, 0.717) is 24.0 Å². The Hall–Kier alpha value is -2.29. The highest BCUT2D eigenvalue weighted by Gasteiger charge is 2.18. The molecule has 3 nitrogen and oxygen atoms in total. The van der Waals surface area contributed by atoms with Gasteiger partial charge in [-0.05, 0) is 30.5 Å². The molecule has 1 saturated carbocycles. The molecule has 3 rings (SSSR count). The van der Waals surface area contributed by atoms with Crippen LogP contribution in [-0.2, 0) is 6.61 Å². The molecule has 0 atom stereocenters. The highest BCUT2D eigenvalue weighted by molar-refractivity contribution is 5.97. The van der Waals surface area contributed by atoms with Gasteiger partial charge in [-0.1, -0.05) is 61.7 Å². The Morgan fingerprint density at radius 2 is 1.65 bits per heavy atom. The second-order valence-electron chi connectivity index (χ2n) is 6.08. The van der Waals surface area contributed by atoms with Gasteiger partial charge in [0.1, 0.15) is 12.4 Å². The predicted octanol–water partition coefficient (Wildman–Crippen LogP) is 4.33. The number of carbonyl (C=O) groups excluding carboxylic acids is 1. The summed E-state index contributed by atoms with van der Waals surface area (Å²) in [6.45, 7) is 0.467. The van der Waals surface area contributed by atoms with Gasteiger partial charge < -0.3 is 10.1 Å². The van der Waals surface area contributed by atoms with Crippen molar-refractivity contribution < 1.29 is 9.53 Å². The number of ether oxygens (including phenoxy) is 1. The lowest BCUT2D eigenvalue weighted by Gasteiger charge is -2.23. The maximum absolute atomic E-state index is 12.6. The molecule has 23 heavy (non-hydrogen) atoms. The second-order valence-corrected chi connectivity index (χ2v) is 6.08. The lowest BCUT2D eigenvalue weighted by atomic mass is 9.95. The van der Waals surface area contributed by atoms with Crippen molar-refractivity contribution in [2.24, 2.45) is 0 Å². The van der Waals surface area contributed by atoms with Gasteiger partial charge in [-0.2, -0.15) is 0 Å². The summed E-state index contributed by atoms with van der Waals surface area (Å²) >= 11 is 0. The molecule has 1 aliphatic rings. The van der Waals surface area contributed by atoms with E-state index in [1.54, 1.807) is 0 Å². The lowest BCUT2D eigenvalue weighted by molar-refractivity contribution is 0.0923. The van der Waals surface area contributed by atoms with E-state index in [1.165, 1.54) is 19.3 Å². The van der Waals surface area contributed by atoms with Gasteiger partial charge in [0, 0.05) is 6.04 Å². The van der Waals surface area contributed by atoms with Crippen LogP contribution in [0.3, 0.4) is 0 Å². The predicted molar refractivity (Wildman–Crippen MR) is 91.6 cm³/mol. The SMILES string of the molecule is O=C(NC1CCCCC1)c1ccccc1OCc1ccccc1.